The predicted octanol–water partition coefficient (Wildman–Crippen LogP) is -0.396. The molecule has 1 fully saturated rings. The van der Waals surface area contributed by atoms with Crippen LogP contribution in [0.4, 0.5) is 5.69 Å². The molecule has 14 nitrogen and oxygen atoms in total. The van der Waals surface area contributed by atoms with Crippen molar-refractivity contribution in [2.75, 3.05) is 46.2 Å². The number of nitrogens with one attached hydrogen (secondary N) is 2. The molecular weight excluding hydrogens is 510 g/mol. The number of hydrogen-bond acceptors (Lipinski definition) is 10. The fourth-order valence-electron chi connectivity index (χ4n) is 3.23. The van der Waals surface area contributed by atoms with Crippen LogP contribution in [-0.4, -0.2) is 96.8 Å². The van der Waals surface area contributed by atoms with Crippen LogP contribution in [0.5, 0.6) is 0 Å². The second-order valence-electron chi connectivity index (χ2n) is 9.85. The van der Waals surface area contributed by atoms with Gasteiger partial charge in [-0.05, 0) is 44.2 Å². The third-order valence-electron chi connectivity index (χ3n) is 4.81. The molecule has 2 heterocycles. The molecule has 1 aromatic heterocycles. The Hall–Kier alpha value is -4.14. The number of amides is 2. The monoisotopic (exact) mass is 545 g/mol. The van der Waals surface area contributed by atoms with E-state index in [-0.39, 0.29) is 31.1 Å². The van der Waals surface area contributed by atoms with Gasteiger partial charge in [0, 0.05) is 12.2 Å². The Morgan fingerprint density at radius 1 is 1.26 bits per heavy atom. The van der Waals surface area contributed by atoms with E-state index in [1.807, 2.05) is 47.1 Å². The summed E-state index contributed by atoms with van der Waals surface area (Å²) in [4.78, 5) is 37.3. The number of hydrogen-bond donors (Lipinski definition) is 2. The number of carbonyl (C=O) groups excluding carboxylic acids is 3. The summed E-state index contributed by atoms with van der Waals surface area (Å²) in [6.07, 6.45) is 6.50. The van der Waals surface area contributed by atoms with Gasteiger partial charge >= 0.3 is 0 Å². The van der Waals surface area contributed by atoms with Crippen LogP contribution in [0, 0.1) is 0 Å². The number of aromatic nitrogens is 3. The number of ether oxygens (including phenoxy) is 2. The van der Waals surface area contributed by atoms with Crippen LogP contribution in [0.15, 0.2) is 47.8 Å². The van der Waals surface area contributed by atoms with Gasteiger partial charge in [-0.2, -0.15) is 0 Å². The van der Waals surface area contributed by atoms with E-state index in [1.54, 1.807) is 35.2 Å². The Bertz CT molecular complexity index is 1140. The maximum atomic E-state index is 12.1. The molecule has 39 heavy (non-hydrogen) atoms. The SMILES string of the molecule is CC1(C)OC[C@H](/C=C/C=N/OCC(=O)NCc2cn(-c3ccc(NC(=O)C[N+](C)(C)C)cc3)nn2)O1.O=C[O-]. The summed E-state index contributed by atoms with van der Waals surface area (Å²) in [6, 6.07) is 7.25. The molecule has 0 unspecified atom stereocenters. The minimum absolute atomic E-state index is 0.0573. The van der Waals surface area contributed by atoms with Crippen molar-refractivity contribution < 1.29 is 38.3 Å². The Morgan fingerprint density at radius 2 is 1.95 bits per heavy atom. The first kappa shape index (κ1) is 31.1. The largest absolute Gasteiger partial charge is 0.554 e. The van der Waals surface area contributed by atoms with E-state index in [0.717, 1.165) is 5.69 Å². The van der Waals surface area contributed by atoms with Gasteiger partial charge in [0.25, 0.3) is 11.8 Å². The van der Waals surface area contributed by atoms with Gasteiger partial charge in [-0.1, -0.05) is 16.4 Å². The Labute approximate surface area is 226 Å². The lowest BCUT2D eigenvalue weighted by Gasteiger charge is -2.22. The van der Waals surface area contributed by atoms with E-state index in [9.17, 15) is 9.59 Å². The van der Waals surface area contributed by atoms with Crippen LogP contribution in [0.3, 0.4) is 0 Å². The third kappa shape index (κ3) is 12.3. The van der Waals surface area contributed by atoms with Crippen molar-refractivity contribution >= 4 is 30.2 Å². The van der Waals surface area contributed by atoms with E-state index in [4.69, 9.17) is 24.2 Å². The minimum atomic E-state index is -0.582. The Kier molecular flexibility index (Phi) is 11.7. The zero-order chi connectivity index (χ0) is 28.9. The molecule has 0 saturated carbocycles. The molecule has 2 amide bonds. The van der Waals surface area contributed by atoms with Crippen molar-refractivity contribution in [3.63, 3.8) is 0 Å². The van der Waals surface area contributed by atoms with E-state index < -0.39 is 12.3 Å². The fourth-order valence-corrected chi connectivity index (χ4v) is 3.23. The maximum absolute atomic E-state index is 12.1. The number of likely N-dealkylation sites (N-methyl/N-ethyl adjacent to an activating group) is 1. The topological polar surface area (TPSA) is 169 Å². The van der Waals surface area contributed by atoms with Gasteiger partial charge in [0.05, 0.1) is 52.4 Å². The second-order valence-corrected chi connectivity index (χ2v) is 9.85. The average Bonchev–Trinajstić information content (AvgIpc) is 3.45. The smallest absolute Gasteiger partial charge is 0.279 e. The van der Waals surface area contributed by atoms with Gasteiger partial charge in [0.15, 0.2) is 18.9 Å². The molecule has 212 valence electrons. The summed E-state index contributed by atoms with van der Waals surface area (Å²) < 4.78 is 13.2. The maximum Gasteiger partial charge on any atom is 0.279 e. The van der Waals surface area contributed by atoms with Crippen molar-refractivity contribution in [1.29, 1.82) is 0 Å². The highest BCUT2D eigenvalue weighted by atomic mass is 16.7. The van der Waals surface area contributed by atoms with Gasteiger partial charge in [-0.3, -0.25) is 9.59 Å². The Balaban J connectivity index is 0.00000170. The summed E-state index contributed by atoms with van der Waals surface area (Å²) in [6.45, 7) is 4.03. The molecule has 0 spiro atoms. The van der Waals surface area contributed by atoms with Crippen LogP contribution >= 0.6 is 0 Å². The summed E-state index contributed by atoms with van der Waals surface area (Å²) in [5, 5.41) is 25.7. The summed E-state index contributed by atoms with van der Waals surface area (Å²) in [5.74, 6) is -0.979. The Morgan fingerprint density at radius 3 is 2.56 bits per heavy atom. The van der Waals surface area contributed by atoms with Crippen LogP contribution in [-0.2, 0) is 35.2 Å². The fraction of sp³-hybridized carbons (Fsp3) is 0.440. The first-order chi connectivity index (χ1) is 18.4. The van der Waals surface area contributed by atoms with Crippen molar-refractivity contribution in [2.24, 2.45) is 5.16 Å². The molecule has 0 aliphatic carbocycles. The van der Waals surface area contributed by atoms with Crippen LogP contribution in [0.25, 0.3) is 5.69 Å². The number of oxime groups is 1. The van der Waals surface area contributed by atoms with Crippen molar-refractivity contribution in [2.45, 2.75) is 32.3 Å². The zero-order valence-corrected chi connectivity index (χ0v) is 22.7. The number of carbonyl (C=O) groups is 3. The minimum Gasteiger partial charge on any atom is -0.554 e. The number of quaternary nitrogens is 1. The van der Waals surface area contributed by atoms with Gasteiger partial charge in [-0.15, -0.1) is 5.10 Å². The van der Waals surface area contributed by atoms with Crippen molar-refractivity contribution in [3.05, 3.63) is 48.3 Å². The predicted molar refractivity (Wildman–Crippen MR) is 139 cm³/mol. The van der Waals surface area contributed by atoms with Crippen LogP contribution in [0.1, 0.15) is 19.5 Å². The van der Waals surface area contributed by atoms with E-state index >= 15 is 0 Å². The second kappa shape index (κ2) is 14.7. The van der Waals surface area contributed by atoms with Gasteiger partial charge in [0.2, 0.25) is 0 Å². The molecule has 1 atom stereocenters. The van der Waals surface area contributed by atoms with E-state index in [1.165, 1.54) is 6.21 Å². The summed E-state index contributed by atoms with van der Waals surface area (Å²) >= 11 is 0. The average molecular weight is 546 g/mol. The number of nitrogens with zero attached hydrogens (tertiary/aromatic N) is 5. The lowest BCUT2D eigenvalue weighted by Crippen LogP contribution is -2.41. The normalized spacial score (nSPS) is 16.5. The number of rotatable bonds is 11. The number of allylic oxidation sites excluding steroid dienone is 1. The first-order valence-corrected chi connectivity index (χ1v) is 12.0. The van der Waals surface area contributed by atoms with Crippen molar-refractivity contribution in [3.8, 4) is 5.69 Å². The van der Waals surface area contributed by atoms with Gasteiger partial charge in [-0.25, -0.2) is 4.68 Å². The molecule has 0 bridgehead atoms. The molecule has 3 rings (SSSR count). The summed E-state index contributed by atoms with van der Waals surface area (Å²) in [5.41, 5.74) is 2.05. The van der Waals surface area contributed by atoms with Crippen LogP contribution < -0.4 is 15.7 Å². The van der Waals surface area contributed by atoms with E-state index in [2.05, 4.69) is 26.1 Å². The number of anilines is 1. The number of carboxylic acid groups (broad SMARTS) is 1. The molecule has 1 aliphatic rings. The lowest BCUT2D eigenvalue weighted by molar-refractivity contribution is -0.861. The number of benzene rings is 1. The molecule has 0 radical (unpaired) electrons. The molecular formula is C25H35N7O7. The molecule has 1 saturated heterocycles. The third-order valence-corrected chi connectivity index (χ3v) is 4.81. The highest BCUT2D eigenvalue weighted by molar-refractivity contribution is 5.91. The highest BCUT2D eigenvalue weighted by Crippen LogP contribution is 2.22. The standard InChI is InChI=1S/C24H33N7O5.CH2O2/c1-24(2)34-16-21(36-24)7-6-12-26-35-17-23(33)25-13-19-14-30(29-28-19)20-10-8-18(9-11-20)27-22(32)15-31(3,4)5;2-1-3/h6-12,14,21H,13,15-17H2,1-5H3,(H-,25,27,32,33);1H,(H,2,3)/b7-6+,26-12+;/t21-;/m0./s1. The van der Waals surface area contributed by atoms with Gasteiger partial charge < -0.3 is 39.3 Å². The van der Waals surface area contributed by atoms with Gasteiger partial charge in [0.1, 0.15) is 11.8 Å². The zero-order valence-electron chi connectivity index (χ0n) is 22.7. The molecule has 1 aromatic carbocycles. The first-order valence-electron chi connectivity index (χ1n) is 12.0. The molecule has 14 heteroatoms. The molecule has 1 aliphatic heterocycles. The summed E-state index contributed by atoms with van der Waals surface area (Å²) in [7, 11) is 5.87. The molecule has 2 aromatic rings. The quantitative estimate of drug-likeness (QED) is 0.165. The molecule has 2 N–H and O–H groups in total. The van der Waals surface area contributed by atoms with Crippen molar-refractivity contribution in [1.82, 2.24) is 20.3 Å². The van der Waals surface area contributed by atoms with E-state index in [0.29, 0.717) is 29.0 Å². The highest BCUT2D eigenvalue weighted by Gasteiger charge is 2.30. The van der Waals surface area contributed by atoms with Crippen LogP contribution in [0.2, 0.25) is 0 Å². The lowest BCUT2D eigenvalue weighted by atomic mass is 10.2.